The van der Waals surface area contributed by atoms with Gasteiger partial charge < -0.3 is 16.2 Å². The third kappa shape index (κ3) is 3.55. The van der Waals surface area contributed by atoms with Gasteiger partial charge in [-0.3, -0.25) is 0 Å². The molecule has 1 aliphatic rings. The first kappa shape index (κ1) is 15.2. The van der Waals surface area contributed by atoms with Crippen LogP contribution in [0.25, 0.3) is 0 Å². The van der Waals surface area contributed by atoms with Crippen molar-refractivity contribution in [1.29, 1.82) is 0 Å². The van der Waals surface area contributed by atoms with Crippen molar-refractivity contribution >= 4 is 0 Å². The van der Waals surface area contributed by atoms with Gasteiger partial charge in [-0.25, -0.2) is 0 Å². The molecule has 116 valence electrons. The van der Waals surface area contributed by atoms with E-state index in [1.807, 2.05) is 30.3 Å². The number of nitrogens with one attached hydrogen (secondary N) is 1. The molecular weight excluding hydrogens is 272 g/mol. The fourth-order valence-corrected chi connectivity index (χ4v) is 3.21. The minimum Gasteiger partial charge on any atom is -0.390 e. The van der Waals surface area contributed by atoms with Crippen LogP contribution >= 0.6 is 0 Å². The van der Waals surface area contributed by atoms with E-state index in [0.717, 1.165) is 12.8 Å². The van der Waals surface area contributed by atoms with Crippen molar-refractivity contribution < 1.29 is 5.11 Å². The van der Waals surface area contributed by atoms with E-state index < -0.39 is 6.10 Å². The molecule has 0 saturated heterocycles. The van der Waals surface area contributed by atoms with Gasteiger partial charge in [-0.05, 0) is 36.0 Å². The van der Waals surface area contributed by atoms with E-state index in [0.29, 0.717) is 19.0 Å². The first-order valence-corrected chi connectivity index (χ1v) is 8.03. The monoisotopic (exact) mass is 296 g/mol. The van der Waals surface area contributed by atoms with Crippen LogP contribution in [0.1, 0.15) is 29.2 Å². The lowest BCUT2D eigenvalue weighted by molar-refractivity contribution is 0.138. The van der Waals surface area contributed by atoms with Crippen LogP contribution < -0.4 is 11.1 Å². The largest absolute Gasteiger partial charge is 0.390 e. The predicted molar refractivity (Wildman–Crippen MR) is 89.6 cm³/mol. The third-order valence-electron chi connectivity index (χ3n) is 4.51. The van der Waals surface area contributed by atoms with Crippen molar-refractivity contribution in [3.63, 3.8) is 0 Å². The Kier molecular flexibility index (Phi) is 4.88. The first-order valence-electron chi connectivity index (χ1n) is 8.03. The van der Waals surface area contributed by atoms with Gasteiger partial charge in [0, 0.05) is 18.6 Å². The van der Waals surface area contributed by atoms with Crippen LogP contribution in [0, 0.1) is 0 Å². The molecule has 0 radical (unpaired) electrons. The van der Waals surface area contributed by atoms with Crippen LogP contribution in [0.3, 0.4) is 0 Å². The SMILES string of the molecule is N[C@@H](Cc1ccccc1)[C@H](O)CN[C@H]1CCc2ccccc21. The summed E-state index contributed by atoms with van der Waals surface area (Å²) in [5, 5.41) is 13.8. The van der Waals surface area contributed by atoms with Crippen molar-refractivity contribution in [3.05, 3.63) is 71.3 Å². The van der Waals surface area contributed by atoms with E-state index in [4.69, 9.17) is 5.73 Å². The molecule has 2 aromatic carbocycles. The Morgan fingerprint density at radius 1 is 1.09 bits per heavy atom. The van der Waals surface area contributed by atoms with Crippen molar-refractivity contribution in [2.24, 2.45) is 5.73 Å². The maximum Gasteiger partial charge on any atom is 0.0818 e. The molecule has 3 atom stereocenters. The first-order chi connectivity index (χ1) is 10.7. The fourth-order valence-electron chi connectivity index (χ4n) is 3.21. The second kappa shape index (κ2) is 7.05. The second-order valence-electron chi connectivity index (χ2n) is 6.12. The number of hydrogen-bond donors (Lipinski definition) is 3. The van der Waals surface area contributed by atoms with Gasteiger partial charge in [-0.2, -0.15) is 0 Å². The van der Waals surface area contributed by atoms with Gasteiger partial charge in [-0.15, -0.1) is 0 Å². The summed E-state index contributed by atoms with van der Waals surface area (Å²) in [7, 11) is 0. The summed E-state index contributed by atoms with van der Waals surface area (Å²) in [5.41, 5.74) is 10.1. The van der Waals surface area contributed by atoms with Crippen LogP contribution in [0.2, 0.25) is 0 Å². The zero-order valence-corrected chi connectivity index (χ0v) is 12.8. The van der Waals surface area contributed by atoms with Gasteiger partial charge >= 0.3 is 0 Å². The lowest BCUT2D eigenvalue weighted by atomic mass is 10.0. The maximum absolute atomic E-state index is 10.3. The van der Waals surface area contributed by atoms with E-state index >= 15 is 0 Å². The molecule has 3 nitrogen and oxygen atoms in total. The molecule has 0 spiro atoms. The smallest absolute Gasteiger partial charge is 0.0818 e. The summed E-state index contributed by atoms with van der Waals surface area (Å²) in [5.74, 6) is 0. The van der Waals surface area contributed by atoms with E-state index in [-0.39, 0.29) is 6.04 Å². The zero-order chi connectivity index (χ0) is 15.4. The number of rotatable bonds is 6. The van der Waals surface area contributed by atoms with Crippen LogP contribution in [0.15, 0.2) is 54.6 Å². The molecule has 2 aromatic rings. The molecule has 0 fully saturated rings. The Balaban J connectivity index is 1.51. The minimum atomic E-state index is -0.534. The van der Waals surface area contributed by atoms with E-state index in [1.54, 1.807) is 0 Å². The third-order valence-corrected chi connectivity index (χ3v) is 4.51. The maximum atomic E-state index is 10.3. The van der Waals surface area contributed by atoms with Gasteiger partial charge in [-0.1, -0.05) is 54.6 Å². The number of benzene rings is 2. The Morgan fingerprint density at radius 2 is 1.82 bits per heavy atom. The van der Waals surface area contributed by atoms with Crippen LogP contribution in [-0.4, -0.2) is 23.8 Å². The van der Waals surface area contributed by atoms with Crippen LogP contribution in [0.4, 0.5) is 0 Å². The molecular formula is C19H24N2O. The van der Waals surface area contributed by atoms with E-state index in [1.165, 1.54) is 16.7 Å². The molecule has 0 saturated carbocycles. The average molecular weight is 296 g/mol. The summed E-state index contributed by atoms with van der Waals surface area (Å²) < 4.78 is 0. The summed E-state index contributed by atoms with van der Waals surface area (Å²) in [6, 6.07) is 18.7. The van der Waals surface area contributed by atoms with Crippen molar-refractivity contribution in [3.8, 4) is 0 Å². The Hall–Kier alpha value is -1.68. The zero-order valence-electron chi connectivity index (χ0n) is 12.8. The van der Waals surface area contributed by atoms with Gasteiger partial charge in [0.1, 0.15) is 0 Å². The van der Waals surface area contributed by atoms with Crippen molar-refractivity contribution in [1.82, 2.24) is 5.32 Å². The second-order valence-corrected chi connectivity index (χ2v) is 6.12. The minimum absolute atomic E-state index is 0.244. The fraction of sp³-hybridized carbons (Fsp3) is 0.368. The Morgan fingerprint density at radius 3 is 2.64 bits per heavy atom. The van der Waals surface area contributed by atoms with Crippen LogP contribution in [0.5, 0.6) is 0 Å². The number of aryl methyl sites for hydroxylation is 1. The highest BCUT2D eigenvalue weighted by Gasteiger charge is 2.23. The quantitative estimate of drug-likeness (QED) is 0.766. The molecule has 0 amide bonds. The average Bonchev–Trinajstić information content (AvgIpc) is 2.97. The molecule has 0 heterocycles. The molecule has 0 aromatic heterocycles. The number of hydrogen-bond acceptors (Lipinski definition) is 3. The number of aliphatic hydroxyl groups excluding tert-OH is 1. The molecule has 3 heteroatoms. The number of fused-ring (bicyclic) bond motifs is 1. The highest BCUT2D eigenvalue weighted by atomic mass is 16.3. The normalized spacial score (nSPS) is 19.6. The summed E-state index contributed by atoms with van der Waals surface area (Å²) in [6.07, 6.45) is 2.37. The van der Waals surface area contributed by atoms with Gasteiger partial charge in [0.25, 0.3) is 0 Å². The lowest BCUT2D eigenvalue weighted by Crippen LogP contribution is -2.43. The molecule has 3 rings (SSSR count). The standard InChI is InChI=1S/C19H24N2O/c20-17(12-14-6-2-1-3-7-14)19(22)13-21-18-11-10-15-8-4-5-9-16(15)18/h1-9,17-19,21-22H,10-13,20H2/t17-,18-,19+/m0/s1. The molecule has 0 aliphatic heterocycles. The van der Waals surface area contributed by atoms with Gasteiger partial charge in [0.2, 0.25) is 0 Å². The number of nitrogens with two attached hydrogens (primary N) is 1. The number of aliphatic hydroxyl groups is 1. The Labute approximate surface area is 132 Å². The summed E-state index contributed by atoms with van der Waals surface area (Å²) in [6.45, 7) is 0.535. The highest BCUT2D eigenvalue weighted by Crippen LogP contribution is 2.30. The molecule has 22 heavy (non-hydrogen) atoms. The summed E-state index contributed by atoms with van der Waals surface area (Å²) >= 11 is 0. The van der Waals surface area contributed by atoms with Crippen LogP contribution in [-0.2, 0) is 12.8 Å². The molecule has 0 unspecified atom stereocenters. The highest BCUT2D eigenvalue weighted by molar-refractivity contribution is 5.34. The van der Waals surface area contributed by atoms with Gasteiger partial charge in [0.15, 0.2) is 0 Å². The van der Waals surface area contributed by atoms with Crippen molar-refractivity contribution in [2.45, 2.75) is 37.5 Å². The molecule has 0 bridgehead atoms. The summed E-state index contributed by atoms with van der Waals surface area (Å²) in [4.78, 5) is 0. The Bertz CT molecular complexity index is 599. The molecule has 4 N–H and O–H groups in total. The van der Waals surface area contributed by atoms with E-state index in [2.05, 4.69) is 29.6 Å². The van der Waals surface area contributed by atoms with E-state index in [9.17, 15) is 5.11 Å². The predicted octanol–water partition coefficient (Wildman–Crippen LogP) is 2.19. The lowest BCUT2D eigenvalue weighted by Gasteiger charge is -2.22. The topological polar surface area (TPSA) is 58.3 Å². The van der Waals surface area contributed by atoms with Crippen molar-refractivity contribution in [2.75, 3.05) is 6.54 Å². The van der Waals surface area contributed by atoms with Gasteiger partial charge in [0.05, 0.1) is 6.10 Å². The molecule has 1 aliphatic carbocycles.